The lowest BCUT2D eigenvalue weighted by Gasteiger charge is -2.20. The van der Waals surface area contributed by atoms with Gasteiger partial charge in [-0.3, -0.25) is 9.59 Å². The fourth-order valence-electron chi connectivity index (χ4n) is 3.19. The SMILES string of the molecule is COc1ccc(CN(C)C(=O)COC(=O)C(Cc2ccccc2)NC(=O)c2ccco2)cc1F. The first-order valence-corrected chi connectivity index (χ1v) is 10.5. The fourth-order valence-corrected chi connectivity index (χ4v) is 3.19. The number of hydrogen-bond acceptors (Lipinski definition) is 6. The monoisotopic (exact) mass is 468 g/mol. The summed E-state index contributed by atoms with van der Waals surface area (Å²) in [5.41, 5.74) is 1.35. The second-order valence-electron chi connectivity index (χ2n) is 7.52. The maximum absolute atomic E-state index is 13.9. The number of amides is 2. The number of ether oxygens (including phenoxy) is 2. The number of halogens is 1. The van der Waals surface area contributed by atoms with Crippen LogP contribution in [-0.4, -0.2) is 49.5 Å². The Bertz CT molecular complexity index is 1120. The fraction of sp³-hybridized carbons (Fsp3) is 0.240. The number of benzene rings is 2. The van der Waals surface area contributed by atoms with Crippen LogP contribution in [0, 0.1) is 5.82 Å². The highest BCUT2D eigenvalue weighted by atomic mass is 19.1. The molecular weight excluding hydrogens is 443 g/mol. The Kier molecular flexibility index (Phi) is 8.39. The van der Waals surface area contributed by atoms with Crippen LogP contribution in [0.3, 0.4) is 0 Å². The minimum Gasteiger partial charge on any atom is -0.494 e. The van der Waals surface area contributed by atoms with Gasteiger partial charge in [-0.2, -0.15) is 0 Å². The van der Waals surface area contributed by atoms with Crippen molar-refractivity contribution >= 4 is 17.8 Å². The van der Waals surface area contributed by atoms with Crippen LogP contribution >= 0.6 is 0 Å². The van der Waals surface area contributed by atoms with Gasteiger partial charge in [-0.25, -0.2) is 9.18 Å². The summed E-state index contributed by atoms with van der Waals surface area (Å²) >= 11 is 0. The molecule has 1 aromatic heterocycles. The number of carbonyl (C=O) groups excluding carboxylic acids is 3. The first-order valence-electron chi connectivity index (χ1n) is 10.5. The van der Waals surface area contributed by atoms with Crippen LogP contribution in [0.25, 0.3) is 0 Å². The zero-order valence-corrected chi connectivity index (χ0v) is 18.8. The number of nitrogens with zero attached hydrogens (tertiary/aromatic N) is 1. The molecule has 3 aromatic rings. The minimum absolute atomic E-state index is 0.0494. The first kappa shape index (κ1) is 24.5. The van der Waals surface area contributed by atoms with Crippen molar-refractivity contribution in [3.05, 3.63) is 89.6 Å². The molecule has 8 nitrogen and oxygen atoms in total. The van der Waals surface area contributed by atoms with Gasteiger partial charge in [0.05, 0.1) is 13.4 Å². The molecule has 0 saturated carbocycles. The van der Waals surface area contributed by atoms with E-state index in [9.17, 15) is 18.8 Å². The number of carbonyl (C=O) groups is 3. The minimum atomic E-state index is -1.03. The van der Waals surface area contributed by atoms with E-state index >= 15 is 0 Å². The number of nitrogens with one attached hydrogen (secondary N) is 1. The van der Waals surface area contributed by atoms with Gasteiger partial charge in [-0.1, -0.05) is 36.4 Å². The molecule has 178 valence electrons. The van der Waals surface area contributed by atoms with E-state index in [1.165, 1.54) is 43.5 Å². The molecule has 1 atom stereocenters. The molecule has 1 unspecified atom stereocenters. The molecule has 0 saturated heterocycles. The van der Waals surface area contributed by atoms with Gasteiger partial charge in [-0.15, -0.1) is 0 Å². The number of hydrogen-bond donors (Lipinski definition) is 1. The normalized spacial score (nSPS) is 11.4. The number of esters is 1. The number of likely N-dealkylation sites (N-methyl/N-ethyl adjacent to an activating group) is 1. The van der Waals surface area contributed by atoms with Crippen molar-refractivity contribution in [1.29, 1.82) is 0 Å². The van der Waals surface area contributed by atoms with Crippen LogP contribution in [0.2, 0.25) is 0 Å². The highest BCUT2D eigenvalue weighted by molar-refractivity contribution is 5.94. The van der Waals surface area contributed by atoms with Crippen molar-refractivity contribution in [3.63, 3.8) is 0 Å². The van der Waals surface area contributed by atoms with Crippen molar-refractivity contribution in [2.45, 2.75) is 19.0 Å². The number of methoxy groups -OCH3 is 1. The summed E-state index contributed by atoms with van der Waals surface area (Å²) in [7, 11) is 2.88. The van der Waals surface area contributed by atoms with E-state index < -0.39 is 36.2 Å². The average Bonchev–Trinajstić information content (AvgIpc) is 3.38. The number of furan rings is 1. The molecule has 0 fully saturated rings. The van der Waals surface area contributed by atoms with Crippen LogP contribution in [0.1, 0.15) is 21.7 Å². The summed E-state index contributed by atoms with van der Waals surface area (Å²) in [5.74, 6) is -2.21. The van der Waals surface area contributed by atoms with Gasteiger partial charge in [0.1, 0.15) is 6.04 Å². The molecule has 3 rings (SSSR count). The summed E-state index contributed by atoms with van der Waals surface area (Å²) < 4.78 is 29.1. The first-order chi connectivity index (χ1) is 16.4. The third kappa shape index (κ3) is 6.68. The molecular formula is C25H25FN2O6. The molecule has 1 N–H and O–H groups in total. The van der Waals surface area contributed by atoms with Crippen LogP contribution < -0.4 is 10.1 Å². The molecule has 0 bridgehead atoms. The Hall–Kier alpha value is -4.14. The smallest absolute Gasteiger partial charge is 0.329 e. The molecule has 0 spiro atoms. The second-order valence-corrected chi connectivity index (χ2v) is 7.52. The van der Waals surface area contributed by atoms with Crippen LogP contribution in [0.5, 0.6) is 5.75 Å². The summed E-state index contributed by atoms with van der Waals surface area (Å²) in [6.07, 6.45) is 1.52. The van der Waals surface area contributed by atoms with Crippen molar-refractivity contribution in [3.8, 4) is 5.75 Å². The zero-order valence-electron chi connectivity index (χ0n) is 18.8. The Labute approximate surface area is 196 Å². The van der Waals surface area contributed by atoms with Crippen molar-refractivity contribution < 1.29 is 32.7 Å². The van der Waals surface area contributed by atoms with E-state index in [4.69, 9.17) is 13.9 Å². The number of rotatable bonds is 10. The molecule has 9 heteroatoms. The standard InChI is InChI=1S/C25H25FN2O6/c1-28(15-18-10-11-21(32-2)19(26)13-18)23(29)16-34-25(31)20(14-17-7-4-3-5-8-17)27-24(30)22-9-6-12-33-22/h3-13,20H,14-16H2,1-2H3,(H,27,30). The van der Waals surface area contributed by atoms with E-state index in [0.717, 1.165) is 5.56 Å². The summed E-state index contributed by atoms with van der Waals surface area (Å²) in [6.45, 7) is -0.421. The Morgan fingerprint density at radius 1 is 1.06 bits per heavy atom. The van der Waals surface area contributed by atoms with Crippen LogP contribution in [-0.2, 0) is 27.3 Å². The second kappa shape index (κ2) is 11.6. The molecule has 0 aliphatic carbocycles. The lowest BCUT2D eigenvalue weighted by atomic mass is 10.1. The molecule has 2 aromatic carbocycles. The van der Waals surface area contributed by atoms with Crippen LogP contribution in [0.4, 0.5) is 4.39 Å². The molecule has 0 radical (unpaired) electrons. The maximum Gasteiger partial charge on any atom is 0.329 e. The highest BCUT2D eigenvalue weighted by Crippen LogP contribution is 2.18. The van der Waals surface area contributed by atoms with Gasteiger partial charge in [0, 0.05) is 20.0 Å². The largest absolute Gasteiger partial charge is 0.494 e. The van der Waals surface area contributed by atoms with Crippen molar-refractivity contribution in [1.82, 2.24) is 10.2 Å². The van der Waals surface area contributed by atoms with Gasteiger partial charge in [0.25, 0.3) is 11.8 Å². The van der Waals surface area contributed by atoms with E-state index in [2.05, 4.69) is 5.32 Å². The van der Waals surface area contributed by atoms with E-state index in [-0.39, 0.29) is 24.5 Å². The predicted molar refractivity (Wildman–Crippen MR) is 120 cm³/mol. The van der Waals surface area contributed by atoms with Gasteiger partial charge >= 0.3 is 5.97 Å². The van der Waals surface area contributed by atoms with Gasteiger partial charge < -0.3 is 24.1 Å². The van der Waals surface area contributed by atoms with Gasteiger partial charge in [-0.05, 0) is 35.4 Å². The highest BCUT2D eigenvalue weighted by Gasteiger charge is 2.25. The van der Waals surface area contributed by atoms with Crippen molar-refractivity contribution in [2.75, 3.05) is 20.8 Å². The van der Waals surface area contributed by atoms with E-state index in [0.29, 0.717) is 5.56 Å². The third-order valence-corrected chi connectivity index (χ3v) is 5.02. The van der Waals surface area contributed by atoms with Crippen molar-refractivity contribution in [2.24, 2.45) is 0 Å². The van der Waals surface area contributed by atoms with E-state index in [1.54, 1.807) is 12.1 Å². The Morgan fingerprint density at radius 3 is 2.47 bits per heavy atom. The molecule has 0 aliphatic heterocycles. The molecule has 1 heterocycles. The lowest BCUT2D eigenvalue weighted by molar-refractivity contribution is -0.153. The molecule has 0 aliphatic rings. The zero-order chi connectivity index (χ0) is 24.5. The Balaban J connectivity index is 1.60. The quantitative estimate of drug-likeness (QED) is 0.460. The van der Waals surface area contributed by atoms with Gasteiger partial charge in [0.2, 0.25) is 0 Å². The summed E-state index contributed by atoms with van der Waals surface area (Å²) in [5, 5.41) is 2.59. The summed E-state index contributed by atoms with van der Waals surface area (Å²) in [6, 6.07) is 15.5. The lowest BCUT2D eigenvalue weighted by Crippen LogP contribution is -2.44. The summed E-state index contributed by atoms with van der Waals surface area (Å²) in [4.78, 5) is 38.9. The third-order valence-electron chi connectivity index (χ3n) is 5.02. The average molecular weight is 468 g/mol. The predicted octanol–water partition coefficient (Wildman–Crippen LogP) is 2.97. The topological polar surface area (TPSA) is 98.1 Å². The molecule has 34 heavy (non-hydrogen) atoms. The van der Waals surface area contributed by atoms with Crippen LogP contribution in [0.15, 0.2) is 71.3 Å². The molecule has 2 amide bonds. The van der Waals surface area contributed by atoms with Gasteiger partial charge in [0.15, 0.2) is 23.9 Å². The Morgan fingerprint density at radius 2 is 1.82 bits per heavy atom. The van der Waals surface area contributed by atoms with E-state index in [1.807, 2.05) is 30.3 Å². The maximum atomic E-state index is 13.9.